The van der Waals surface area contributed by atoms with Crippen molar-refractivity contribution in [3.05, 3.63) is 34.9 Å². The van der Waals surface area contributed by atoms with E-state index in [9.17, 15) is 14.7 Å². The topological polar surface area (TPSA) is 75.6 Å². The van der Waals surface area contributed by atoms with E-state index in [1.807, 2.05) is 0 Å². The van der Waals surface area contributed by atoms with Crippen LogP contribution in [0.2, 0.25) is 5.02 Å². The maximum atomic E-state index is 12.0. The van der Waals surface area contributed by atoms with Crippen LogP contribution in [0.5, 0.6) is 0 Å². The smallest absolute Gasteiger partial charge is 0.330 e. The molecule has 114 valence electrons. The van der Waals surface area contributed by atoms with Crippen LogP contribution >= 0.6 is 11.6 Å². The Morgan fingerprint density at radius 1 is 1.38 bits per heavy atom. The van der Waals surface area contributed by atoms with Crippen LogP contribution in [0.15, 0.2) is 24.3 Å². The number of amides is 1. The van der Waals surface area contributed by atoms with Crippen molar-refractivity contribution in [1.82, 2.24) is 5.32 Å². The average molecular weight is 312 g/mol. The van der Waals surface area contributed by atoms with Gasteiger partial charge in [0.1, 0.15) is 0 Å². The fourth-order valence-electron chi connectivity index (χ4n) is 2.38. The van der Waals surface area contributed by atoms with E-state index in [-0.39, 0.29) is 18.4 Å². The minimum atomic E-state index is -1.14. The molecule has 1 fully saturated rings. The second kappa shape index (κ2) is 7.43. The summed E-state index contributed by atoms with van der Waals surface area (Å²) in [6.07, 6.45) is 2.92. The van der Waals surface area contributed by atoms with Crippen molar-refractivity contribution in [3.63, 3.8) is 0 Å². The van der Waals surface area contributed by atoms with Gasteiger partial charge in [-0.1, -0.05) is 29.8 Å². The van der Waals surface area contributed by atoms with Crippen molar-refractivity contribution >= 4 is 23.5 Å². The lowest BCUT2D eigenvalue weighted by Gasteiger charge is -2.23. The maximum absolute atomic E-state index is 12.0. The third kappa shape index (κ3) is 4.44. The van der Waals surface area contributed by atoms with Gasteiger partial charge in [-0.05, 0) is 25.3 Å². The molecule has 2 N–H and O–H groups in total. The highest BCUT2D eigenvalue weighted by Crippen LogP contribution is 2.23. The maximum Gasteiger partial charge on any atom is 0.330 e. The average Bonchev–Trinajstić information content (AvgIpc) is 2.46. The zero-order valence-corrected chi connectivity index (χ0v) is 12.3. The van der Waals surface area contributed by atoms with Gasteiger partial charge in [-0.2, -0.15) is 0 Å². The lowest BCUT2D eigenvalue weighted by Crippen LogP contribution is -2.36. The Kier molecular flexibility index (Phi) is 5.59. The van der Waals surface area contributed by atoms with Crippen LogP contribution in [0.25, 0.3) is 0 Å². The highest BCUT2D eigenvalue weighted by Gasteiger charge is 2.26. The van der Waals surface area contributed by atoms with Gasteiger partial charge in [-0.15, -0.1) is 0 Å². The van der Waals surface area contributed by atoms with Crippen LogP contribution < -0.4 is 5.32 Å². The molecule has 0 spiro atoms. The van der Waals surface area contributed by atoms with Gasteiger partial charge < -0.3 is 15.2 Å². The highest BCUT2D eigenvalue weighted by molar-refractivity contribution is 6.31. The zero-order chi connectivity index (χ0) is 15.2. The van der Waals surface area contributed by atoms with Gasteiger partial charge in [0.15, 0.2) is 6.04 Å². The molecule has 0 saturated carbocycles. The molecule has 1 amide bonds. The standard InChI is InChI=1S/C15H18ClNO4/c16-12-7-2-1-6-11(12)14(15(19)20)17-13(18)9-10-5-3-4-8-21-10/h1-2,6-7,10,14H,3-5,8-9H2,(H,17,18)(H,19,20)/t10?,14-/m1/s1. The summed E-state index contributed by atoms with van der Waals surface area (Å²) in [7, 11) is 0. The number of nitrogens with one attached hydrogen (secondary N) is 1. The van der Waals surface area contributed by atoms with E-state index in [4.69, 9.17) is 16.3 Å². The van der Waals surface area contributed by atoms with Gasteiger partial charge in [-0.3, -0.25) is 4.79 Å². The van der Waals surface area contributed by atoms with Crippen molar-refractivity contribution in [2.24, 2.45) is 0 Å². The summed E-state index contributed by atoms with van der Waals surface area (Å²) >= 11 is 6.00. The lowest BCUT2D eigenvalue weighted by atomic mass is 10.0. The SMILES string of the molecule is O=C(CC1CCCCO1)N[C@@H](C(=O)O)c1ccccc1Cl. The fraction of sp³-hybridized carbons (Fsp3) is 0.467. The van der Waals surface area contributed by atoms with Crippen molar-refractivity contribution in [2.75, 3.05) is 6.61 Å². The number of ether oxygens (including phenoxy) is 1. The van der Waals surface area contributed by atoms with Gasteiger partial charge in [0.25, 0.3) is 0 Å². The van der Waals surface area contributed by atoms with Gasteiger partial charge >= 0.3 is 5.97 Å². The zero-order valence-electron chi connectivity index (χ0n) is 11.5. The van der Waals surface area contributed by atoms with E-state index in [0.717, 1.165) is 19.3 Å². The number of benzene rings is 1. The molecular weight excluding hydrogens is 294 g/mol. The van der Waals surface area contributed by atoms with E-state index >= 15 is 0 Å². The predicted molar refractivity (Wildman–Crippen MR) is 78.2 cm³/mol. The van der Waals surface area contributed by atoms with E-state index in [2.05, 4.69) is 5.32 Å². The normalized spacial score (nSPS) is 19.8. The molecular formula is C15H18ClNO4. The molecule has 1 aliphatic rings. The van der Waals surface area contributed by atoms with Crippen LogP contribution in [-0.2, 0) is 14.3 Å². The van der Waals surface area contributed by atoms with E-state index in [0.29, 0.717) is 17.2 Å². The van der Waals surface area contributed by atoms with Crippen molar-refractivity contribution in [3.8, 4) is 0 Å². The first kappa shape index (κ1) is 15.8. The number of carbonyl (C=O) groups is 2. The molecule has 1 saturated heterocycles. The summed E-state index contributed by atoms with van der Waals surface area (Å²) in [6.45, 7) is 0.658. The Morgan fingerprint density at radius 3 is 2.76 bits per heavy atom. The van der Waals surface area contributed by atoms with Gasteiger partial charge in [0.2, 0.25) is 5.91 Å². The molecule has 1 aromatic rings. The molecule has 21 heavy (non-hydrogen) atoms. The summed E-state index contributed by atoms with van der Waals surface area (Å²) in [5.74, 6) is -1.48. The first-order valence-electron chi connectivity index (χ1n) is 6.96. The highest BCUT2D eigenvalue weighted by atomic mass is 35.5. The molecule has 1 aromatic carbocycles. The summed E-state index contributed by atoms with van der Waals surface area (Å²) in [4.78, 5) is 23.4. The first-order valence-corrected chi connectivity index (χ1v) is 7.34. The molecule has 0 aromatic heterocycles. The van der Waals surface area contributed by atoms with Gasteiger partial charge in [0, 0.05) is 17.2 Å². The van der Waals surface area contributed by atoms with E-state index in [1.54, 1.807) is 24.3 Å². The number of carboxylic acid groups (broad SMARTS) is 1. The molecule has 6 heteroatoms. The fourth-order valence-corrected chi connectivity index (χ4v) is 2.62. The largest absolute Gasteiger partial charge is 0.479 e. The summed E-state index contributed by atoms with van der Waals surface area (Å²) < 4.78 is 5.49. The number of halogens is 1. The van der Waals surface area contributed by atoms with E-state index < -0.39 is 12.0 Å². The Balaban J connectivity index is 2.01. The minimum absolute atomic E-state index is 0.126. The Hall–Kier alpha value is -1.59. The van der Waals surface area contributed by atoms with Crippen molar-refractivity contribution < 1.29 is 19.4 Å². The van der Waals surface area contributed by atoms with Gasteiger partial charge in [0.05, 0.1) is 12.5 Å². The lowest BCUT2D eigenvalue weighted by molar-refractivity contribution is -0.142. The molecule has 0 aliphatic carbocycles. The quantitative estimate of drug-likeness (QED) is 0.876. The Labute approximate surface area is 128 Å². The molecule has 2 atom stereocenters. The number of hydrogen-bond acceptors (Lipinski definition) is 3. The van der Waals surface area contributed by atoms with Crippen molar-refractivity contribution in [2.45, 2.75) is 37.8 Å². The van der Waals surface area contributed by atoms with Crippen LogP contribution in [0, 0.1) is 0 Å². The molecule has 1 heterocycles. The summed E-state index contributed by atoms with van der Waals surface area (Å²) in [5, 5.41) is 12.1. The molecule has 0 bridgehead atoms. The molecule has 1 aliphatic heterocycles. The Bertz CT molecular complexity index is 514. The second-order valence-electron chi connectivity index (χ2n) is 5.05. The number of hydrogen-bond donors (Lipinski definition) is 2. The van der Waals surface area contributed by atoms with Crippen LogP contribution in [0.4, 0.5) is 0 Å². The summed E-state index contributed by atoms with van der Waals surface area (Å²) in [5.41, 5.74) is 0.379. The first-order chi connectivity index (χ1) is 10.1. The monoisotopic (exact) mass is 311 g/mol. The van der Waals surface area contributed by atoms with Gasteiger partial charge in [-0.25, -0.2) is 4.79 Å². The third-order valence-corrected chi connectivity index (χ3v) is 3.80. The summed E-state index contributed by atoms with van der Waals surface area (Å²) in [6, 6.07) is 5.45. The number of carboxylic acids is 1. The van der Waals surface area contributed by atoms with Crippen molar-refractivity contribution in [1.29, 1.82) is 0 Å². The molecule has 5 nitrogen and oxygen atoms in total. The second-order valence-corrected chi connectivity index (χ2v) is 5.46. The third-order valence-electron chi connectivity index (χ3n) is 3.46. The number of aliphatic carboxylic acids is 1. The minimum Gasteiger partial charge on any atom is -0.479 e. The molecule has 0 radical (unpaired) electrons. The predicted octanol–water partition coefficient (Wildman–Crippen LogP) is 2.54. The molecule has 2 rings (SSSR count). The van der Waals surface area contributed by atoms with Crippen LogP contribution in [-0.4, -0.2) is 29.7 Å². The van der Waals surface area contributed by atoms with Crippen LogP contribution in [0.3, 0.4) is 0 Å². The Morgan fingerprint density at radius 2 is 2.14 bits per heavy atom. The van der Waals surface area contributed by atoms with E-state index in [1.165, 1.54) is 0 Å². The number of carbonyl (C=O) groups excluding carboxylic acids is 1. The number of rotatable bonds is 5. The molecule has 1 unspecified atom stereocenters. The van der Waals surface area contributed by atoms with Crippen LogP contribution in [0.1, 0.15) is 37.3 Å².